The molecule has 0 bridgehead atoms. The van der Waals surface area contributed by atoms with Gasteiger partial charge >= 0.3 is 0 Å². The Morgan fingerprint density at radius 2 is 2.13 bits per heavy atom. The maximum atomic E-state index is 13.3. The average molecular weight is 214 g/mol. The highest BCUT2D eigenvalue weighted by molar-refractivity contribution is 5.48. The van der Waals surface area contributed by atoms with Gasteiger partial charge in [-0.25, -0.2) is 4.39 Å². The van der Waals surface area contributed by atoms with E-state index in [1.165, 1.54) is 18.2 Å². The third-order valence-corrected chi connectivity index (χ3v) is 2.16. The van der Waals surface area contributed by atoms with Crippen LogP contribution in [-0.4, -0.2) is 29.9 Å². The largest absolute Gasteiger partial charge is 0.398 e. The van der Waals surface area contributed by atoms with E-state index in [9.17, 15) is 14.6 Å². The first kappa shape index (κ1) is 11.9. The normalized spacial score (nSPS) is 14.9. The van der Waals surface area contributed by atoms with E-state index in [-0.39, 0.29) is 17.8 Å². The second-order valence-corrected chi connectivity index (χ2v) is 3.31. The van der Waals surface area contributed by atoms with E-state index in [1.54, 1.807) is 7.05 Å². The van der Waals surface area contributed by atoms with Gasteiger partial charge in [0.2, 0.25) is 0 Å². The number of aliphatic hydroxyl groups excluding tert-OH is 2. The van der Waals surface area contributed by atoms with E-state index < -0.39 is 18.0 Å². The fourth-order valence-electron chi connectivity index (χ4n) is 1.38. The number of hydrogen-bond donors (Lipinski definition) is 4. The minimum atomic E-state index is -1.32. The predicted molar refractivity (Wildman–Crippen MR) is 55.7 cm³/mol. The molecule has 1 aromatic rings. The number of rotatable bonds is 4. The van der Waals surface area contributed by atoms with Crippen molar-refractivity contribution in [2.45, 2.75) is 12.2 Å². The lowest BCUT2D eigenvalue weighted by Crippen LogP contribution is -2.30. The number of benzene rings is 1. The van der Waals surface area contributed by atoms with Crippen molar-refractivity contribution in [1.29, 1.82) is 0 Å². The van der Waals surface area contributed by atoms with Crippen molar-refractivity contribution < 1.29 is 14.6 Å². The molecule has 15 heavy (non-hydrogen) atoms. The molecule has 0 saturated heterocycles. The van der Waals surface area contributed by atoms with Crippen molar-refractivity contribution in [3.8, 4) is 0 Å². The second kappa shape index (κ2) is 5.06. The average Bonchev–Trinajstić information content (AvgIpc) is 2.17. The molecule has 0 saturated carbocycles. The fourth-order valence-corrected chi connectivity index (χ4v) is 1.38. The van der Waals surface area contributed by atoms with Crippen LogP contribution in [0.25, 0.3) is 0 Å². The van der Waals surface area contributed by atoms with Crippen LogP contribution in [0.5, 0.6) is 0 Å². The molecule has 0 radical (unpaired) electrons. The van der Waals surface area contributed by atoms with Gasteiger partial charge in [0.25, 0.3) is 0 Å². The number of nitrogen functional groups attached to an aromatic ring is 1. The molecule has 0 aliphatic carbocycles. The molecule has 5 N–H and O–H groups in total. The molecule has 1 aromatic carbocycles. The molecule has 0 amide bonds. The van der Waals surface area contributed by atoms with Crippen molar-refractivity contribution in [3.05, 3.63) is 29.6 Å². The van der Waals surface area contributed by atoms with Gasteiger partial charge in [0, 0.05) is 17.8 Å². The molecule has 0 aromatic heterocycles. The lowest BCUT2D eigenvalue weighted by atomic mass is 10.0. The molecule has 2 atom stereocenters. The number of halogens is 1. The fraction of sp³-hybridized carbons (Fsp3) is 0.400. The van der Waals surface area contributed by atoms with Crippen molar-refractivity contribution in [2.24, 2.45) is 0 Å². The molecule has 0 fully saturated rings. The van der Waals surface area contributed by atoms with Crippen LogP contribution in [0.2, 0.25) is 0 Å². The summed E-state index contributed by atoms with van der Waals surface area (Å²) in [4.78, 5) is 0. The van der Waals surface area contributed by atoms with E-state index in [1.807, 2.05) is 0 Å². The number of hydrogen-bond acceptors (Lipinski definition) is 4. The van der Waals surface area contributed by atoms with Gasteiger partial charge in [-0.3, -0.25) is 0 Å². The smallest absolute Gasteiger partial charge is 0.131 e. The molecule has 0 spiro atoms. The van der Waals surface area contributed by atoms with E-state index in [4.69, 9.17) is 5.73 Å². The zero-order valence-corrected chi connectivity index (χ0v) is 8.44. The van der Waals surface area contributed by atoms with Crippen LogP contribution in [0.15, 0.2) is 18.2 Å². The SMILES string of the molecule is CNCC(O)C(O)c1c(N)cccc1F. The van der Waals surface area contributed by atoms with Crippen molar-refractivity contribution in [3.63, 3.8) is 0 Å². The lowest BCUT2D eigenvalue weighted by Gasteiger charge is -2.19. The van der Waals surface area contributed by atoms with Gasteiger partial charge in [-0.05, 0) is 19.2 Å². The number of likely N-dealkylation sites (N-methyl/N-ethyl adjacent to an activating group) is 1. The first-order valence-electron chi connectivity index (χ1n) is 4.62. The summed E-state index contributed by atoms with van der Waals surface area (Å²) in [6, 6.07) is 4.13. The highest BCUT2D eigenvalue weighted by atomic mass is 19.1. The maximum absolute atomic E-state index is 13.3. The lowest BCUT2D eigenvalue weighted by molar-refractivity contribution is 0.0186. The Bertz CT molecular complexity index is 313. The van der Waals surface area contributed by atoms with Crippen molar-refractivity contribution >= 4 is 5.69 Å². The van der Waals surface area contributed by atoms with Crippen LogP contribution < -0.4 is 11.1 Å². The minimum Gasteiger partial charge on any atom is -0.398 e. The molecule has 84 valence electrons. The van der Waals surface area contributed by atoms with Crippen LogP contribution in [0.3, 0.4) is 0 Å². The number of nitrogens with two attached hydrogens (primary N) is 1. The Labute approximate surface area is 87.5 Å². The zero-order valence-electron chi connectivity index (χ0n) is 8.44. The van der Waals surface area contributed by atoms with Gasteiger partial charge in [0.1, 0.15) is 11.9 Å². The monoisotopic (exact) mass is 214 g/mol. The zero-order chi connectivity index (χ0) is 11.4. The predicted octanol–water partition coefficient (Wildman–Crippen LogP) is 0.0216. The van der Waals surface area contributed by atoms with E-state index in [0.29, 0.717) is 0 Å². The van der Waals surface area contributed by atoms with Crippen LogP contribution in [0, 0.1) is 5.82 Å². The molecule has 1 rings (SSSR count). The molecular formula is C10H15FN2O2. The standard InChI is InChI=1S/C10H15FN2O2/c1-13-5-8(14)10(15)9-6(11)3-2-4-7(9)12/h2-4,8,10,13-15H,5,12H2,1H3. The Morgan fingerprint density at radius 1 is 1.47 bits per heavy atom. The molecule has 0 aliphatic rings. The van der Waals surface area contributed by atoms with Crippen molar-refractivity contribution in [1.82, 2.24) is 5.32 Å². The summed E-state index contributed by atoms with van der Waals surface area (Å²) >= 11 is 0. The van der Waals surface area contributed by atoms with Gasteiger partial charge < -0.3 is 21.3 Å². The highest BCUT2D eigenvalue weighted by Gasteiger charge is 2.22. The summed E-state index contributed by atoms with van der Waals surface area (Å²) in [6.07, 6.45) is -2.41. The topological polar surface area (TPSA) is 78.5 Å². The Balaban J connectivity index is 2.94. The van der Waals surface area contributed by atoms with E-state index in [2.05, 4.69) is 5.32 Å². The molecule has 0 aliphatic heterocycles. The minimum absolute atomic E-state index is 0.0553. The van der Waals surface area contributed by atoms with Gasteiger partial charge in [0.15, 0.2) is 0 Å². The van der Waals surface area contributed by atoms with Crippen LogP contribution in [-0.2, 0) is 0 Å². The quantitative estimate of drug-likeness (QED) is 0.533. The summed E-state index contributed by atoms with van der Waals surface area (Å²) in [7, 11) is 1.63. The summed E-state index contributed by atoms with van der Waals surface area (Å²) in [5.74, 6) is -0.613. The Hall–Kier alpha value is -1.17. The van der Waals surface area contributed by atoms with Gasteiger partial charge in [-0.2, -0.15) is 0 Å². The molecule has 5 heteroatoms. The maximum Gasteiger partial charge on any atom is 0.131 e. The van der Waals surface area contributed by atoms with E-state index >= 15 is 0 Å². The van der Waals surface area contributed by atoms with Crippen molar-refractivity contribution in [2.75, 3.05) is 19.3 Å². The Morgan fingerprint density at radius 3 is 2.67 bits per heavy atom. The molecule has 4 nitrogen and oxygen atoms in total. The first-order valence-corrected chi connectivity index (χ1v) is 4.62. The third kappa shape index (κ3) is 2.65. The molecule has 2 unspecified atom stereocenters. The first-order chi connectivity index (χ1) is 7.07. The van der Waals surface area contributed by atoms with Gasteiger partial charge in [0.05, 0.1) is 6.10 Å². The second-order valence-electron chi connectivity index (χ2n) is 3.31. The summed E-state index contributed by atoms with van der Waals surface area (Å²) in [5.41, 5.74) is 5.61. The highest BCUT2D eigenvalue weighted by Crippen LogP contribution is 2.25. The van der Waals surface area contributed by atoms with Crippen LogP contribution >= 0.6 is 0 Å². The summed E-state index contributed by atoms with van der Waals surface area (Å²) < 4.78 is 13.3. The van der Waals surface area contributed by atoms with Gasteiger partial charge in [-0.1, -0.05) is 6.07 Å². The third-order valence-electron chi connectivity index (χ3n) is 2.16. The van der Waals surface area contributed by atoms with E-state index in [0.717, 1.165) is 0 Å². The van der Waals surface area contributed by atoms with Crippen LogP contribution in [0.4, 0.5) is 10.1 Å². The number of anilines is 1. The van der Waals surface area contributed by atoms with Gasteiger partial charge in [-0.15, -0.1) is 0 Å². The molecular weight excluding hydrogens is 199 g/mol. The molecule has 0 heterocycles. The number of nitrogens with one attached hydrogen (secondary N) is 1. The number of aliphatic hydroxyl groups is 2. The summed E-state index contributed by atoms with van der Waals surface area (Å²) in [5, 5.41) is 21.8. The van der Waals surface area contributed by atoms with Crippen LogP contribution in [0.1, 0.15) is 11.7 Å². The summed E-state index contributed by atoms with van der Waals surface area (Å²) in [6.45, 7) is 0.162. The Kier molecular flexibility index (Phi) is 4.02.